The number of hydrogen-bond donors (Lipinski definition) is 1. The zero-order valence-corrected chi connectivity index (χ0v) is 10.3. The van der Waals surface area contributed by atoms with Gasteiger partial charge in [-0.05, 0) is 5.92 Å². The van der Waals surface area contributed by atoms with Crippen molar-refractivity contribution >= 4 is 10.8 Å². The molecule has 2 atom stereocenters. The van der Waals surface area contributed by atoms with Crippen LogP contribution in [0.3, 0.4) is 0 Å². The van der Waals surface area contributed by atoms with E-state index in [9.17, 15) is 4.21 Å². The number of piperazine rings is 1. The lowest BCUT2D eigenvalue weighted by Gasteiger charge is -2.35. The topological polar surface area (TPSA) is 32.3 Å². The summed E-state index contributed by atoms with van der Waals surface area (Å²) in [6.07, 6.45) is 1.78. The van der Waals surface area contributed by atoms with Crippen molar-refractivity contribution < 1.29 is 4.21 Å². The summed E-state index contributed by atoms with van der Waals surface area (Å²) in [5.41, 5.74) is 0. The van der Waals surface area contributed by atoms with Gasteiger partial charge >= 0.3 is 0 Å². The van der Waals surface area contributed by atoms with Gasteiger partial charge in [0.1, 0.15) is 0 Å². The number of nitrogens with zero attached hydrogens (tertiary/aromatic N) is 1. The molecule has 0 saturated carbocycles. The van der Waals surface area contributed by atoms with E-state index >= 15 is 0 Å². The van der Waals surface area contributed by atoms with Crippen LogP contribution in [0.15, 0.2) is 0 Å². The summed E-state index contributed by atoms with van der Waals surface area (Å²) < 4.78 is 11.0. The summed E-state index contributed by atoms with van der Waals surface area (Å²) in [5, 5.41) is 3.52. The first kappa shape index (κ1) is 12.1. The monoisotopic (exact) mass is 218 g/mol. The van der Waals surface area contributed by atoms with Gasteiger partial charge in [-0.25, -0.2) is 0 Å². The Labute approximate surface area is 89.7 Å². The van der Waals surface area contributed by atoms with E-state index in [2.05, 4.69) is 24.1 Å². The second-order valence-electron chi connectivity index (χ2n) is 4.38. The normalized spacial score (nSPS) is 26.7. The highest BCUT2D eigenvalue weighted by Crippen LogP contribution is 2.07. The molecule has 1 aliphatic heterocycles. The molecular weight excluding hydrogens is 196 g/mol. The first-order chi connectivity index (χ1) is 6.59. The van der Waals surface area contributed by atoms with Gasteiger partial charge in [-0.15, -0.1) is 0 Å². The third kappa shape index (κ3) is 4.07. The fourth-order valence-corrected chi connectivity index (χ4v) is 2.26. The SMILES string of the molecule is CC(C)C1CN(CCS(C)=O)CCN1. The summed E-state index contributed by atoms with van der Waals surface area (Å²) in [7, 11) is -0.651. The second-order valence-corrected chi connectivity index (χ2v) is 5.94. The Balaban J connectivity index is 2.29. The average Bonchev–Trinajstić information content (AvgIpc) is 2.15. The molecule has 84 valence electrons. The highest BCUT2D eigenvalue weighted by Gasteiger charge is 2.21. The van der Waals surface area contributed by atoms with Crippen LogP contribution >= 0.6 is 0 Å². The summed E-state index contributed by atoms with van der Waals surface area (Å²) >= 11 is 0. The molecule has 0 spiro atoms. The van der Waals surface area contributed by atoms with Crippen molar-refractivity contribution in [3.8, 4) is 0 Å². The van der Waals surface area contributed by atoms with Crippen LogP contribution in [0.25, 0.3) is 0 Å². The van der Waals surface area contributed by atoms with Crippen molar-refractivity contribution in [3.63, 3.8) is 0 Å². The smallest absolute Gasteiger partial charge is 0.0359 e. The molecule has 2 unspecified atom stereocenters. The standard InChI is InChI=1S/C10H22N2OS/c1-9(2)10-8-12(5-4-11-10)6-7-14(3)13/h9-11H,4-8H2,1-3H3. The van der Waals surface area contributed by atoms with Gasteiger partial charge in [-0.3, -0.25) is 9.11 Å². The summed E-state index contributed by atoms with van der Waals surface area (Å²) in [4.78, 5) is 2.42. The molecule has 1 fully saturated rings. The third-order valence-corrected chi connectivity index (χ3v) is 3.55. The fourth-order valence-electron chi connectivity index (χ4n) is 1.75. The van der Waals surface area contributed by atoms with Gasteiger partial charge in [0.2, 0.25) is 0 Å². The largest absolute Gasteiger partial charge is 0.311 e. The Morgan fingerprint density at radius 3 is 2.86 bits per heavy atom. The van der Waals surface area contributed by atoms with E-state index in [0.717, 1.165) is 31.9 Å². The van der Waals surface area contributed by atoms with Crippen LogP contribution in [0.1, 0.15) is 13.8 Å². The molecule has 3 nitrogen and oxygen atoms in total. The molecule has 1 N–H and O–H groups in total. The molecule has 0 aliphatic carbocycles. The number of rotatable bonds is 4. The van der Waals surface area contributed by atoms with Crippen molar-refractivity contribution in [3.05, 3.63) is 0 Å². The quantitative estimate of drug-likeness (QED) is 0.736. The first-order valence-corrected chi connectivity index (χ1v) is 7.08. The molecule has 14 heavy (non-hydrogen) atoms. The summed E-state index contributed by atoms with van der Waals surface area (Å²) in [6, 6.07) is 0.606. The molecule has 1 aliphatic rings. The zero-order chi connectivity index (χ0) is 10.6. The Morgan fingerprint density at radius 2 is 2.29 bits per heavy atom. The number of nitrogens with one attached hydrogen (secondary N) is 1. The van der Waals surface area contributed by atoms with Gasteiger partial charge in [-0.2, -0.15) is 0 Å². The predicted octanol–water partition coefficient (Wildman–Crippen LogP) is 0.295. The van der Waals surface area contributed by atoms with Gasteiger partial charge < -0.3 is 5.32 Å². The van der Waals surface area contributed by atoms with E-state index < -0.39 is 10.8 Å². The molecule has 0 bridgehead atoms. The second kappa shape index (κ2) is 5.83. The maximum absolute atomic E-state index is 11.0. The van der Waals surface area contributed by atoms with Crippen LogP contribution in [0.4, 0.5) is 0 Å². The van der Waals surface area contributed by atoms with E-state index in [1.807, 2.05) is 0 Å². The lowest BCUT2D eigenvalue weighted by atomic mass is 10.0. The van der Waals surface area contributed by atoms with E-state index in [-0.39, 0.29) is 0 Å². The minimum absolute atomic E-state index is 0.606. The van der Waals surface area contributed by atoms with E-state index in [0.29, 0.717) is 12.0 Å². The summed E-state index contributed by atoms with van der Waals surface area (Å²) in [5.74, 6) is 1.50. The van der Waals surface area contributed by atoms with Crippen molar-refractivity contribution in [2.45, 2.75) is 19.9 Å². The van der Waals surface area contributed by atoms with Gasteiger partial charge in [-0.1, -0.05) is 13.8 Å². The molecule has 1 heterocycles. The van der Waals surface area contributed by atoms with Crippen molar-refractivity contribution in [1.29, 1.82) is 0 Å². The van der Waals surface area contributed by atoms with Gasteiger partial charge in [0.05, 0.1) is 0 Å². The molecule has 0 aromatic heterocycles. The Bertz CT molecular complexity index is 197. The zero-order valence-electron chi connectivity index (χ0n) is 9.45. The van der Waals surface area contributed by atoms with Crippen LogP contribution in [0.5, 0.6) is 0 Å². The van der Waals surface area contributed by atoms with Crippen LogP contribution in [-0.2, 0) is 10.8 Å². The molecule has 0 aromatic carbocycles. The molecule has 0 aromatic rings. The molecule has 1 saturated heterocycles. The molecule has 4 heteroatoms. The van der Waals surface area contributed by atoms with Crippen molar-refractivity contribution in [1.82, 2.24) is 10.2 Å². The maximum Gasteiger partial charge on any atom is 0.0359 e. The lowest BCUT2D eigenvalue weighted by Crippen LogP contribution is -2.53. The molecule has 0 radical (unpaired) electrons. The molecule has 0 amide bonds. The molecular formula is C10H22N2OS. The van der Waals surface area contributed by atoms with Crippen molar-refractivity contribution in [2.24, 2.45) is 5.92 Å². The highest BCUT2D eigenvalue weighted by atomic mass is 32.2. The van der Waals surface area contributed by atoms with Crippen LogP contribution in [-0.4, -0.2) is 53.3 Å². The Hall–Kier alpha value is 0.0700. The minimum atomic E-state index is -0.651. The summed E-state index contributed by atoms with van der Waals surface area (Å²) in [6.45, 7) is 8.75. The Morgan fingerprint density at radius 1 is 1.57 bits per heavy atom. The lowest BCUT2D eigenvalue weighted by molar-refractivity contribution is 0.183. The minimum Gasteiger partial charge on any atom is -0.311 e. The van der Waals surface area contributed by atoms with E-state index in [1.54, 1.807) is 6.26 Å². The number of hydrogen-bond acceptors (Lipinski definition) is 3. The highest BCUT2D eigenvalue weighted by molar-refractivity contribution is 7.84. The van der Waals surface area contributed by atoms with Gasteiger partial charge in [0.15, 0.2) is 0 Å². The van der Waals surface area contributed by atoms with Gasteiger partial charge in [0.25, 0.3) is 0 Å². The van der Waals surface area contributed by atoms with Crippen LogP contribution in [0.2, 0.25) is 0 Å². The fraction of sp³-hybridized carbons (Fsp3) is 1.00. The van der Waals surface area contributed by atoms with Crippen LogP contribution in [0, 0.1) is 5.92 Å². The third-order valence-electron chi connectivity index (χ3n) is 2.79. The van der Waals surface area contributed by atoms with Crippen molar-refractivity contribution in [2.75, 3.05) is 38.2 Å². The Kier molecular flexibility index (Phi) is 5.06. The average molecular weight is 218 g/mol. The molecule has 1 rings (SSSR count). The maximum atomic E-state index is 11.0. The van der Waals surface area contributed by atoms with E-state index in [1.165, 1.54) is 0 Å². The first-order valence-electron chi connectivity index (χ1n) is 5.35. The van der Waals surface area contributed by atoms with Gasteiger partial charge in [0, 0.05) is 55.0 Å². The van der Waals surface area contributed by atoms with Crippen LogP contribution < -0.4 is 5.32 Å². The van der Waals surface area contributed by atoms with E-state index in [4.69, 9.17) is 0 Å². The predicted molar refractivity (Wildman–Crippen MR) is 62.0 cm³/mol.